The van der Waals surface area contributed by atoms with E-state index >= 15 is 0 Å². The number of benzene rings is 1. The summed E-state index contributed by atoms with van der Waals surface area (Å²) < 4.78 is 10.6. The molecule has 0 N–H and O–H groups in total. The van der Waals surface area contributed by atoms with E-state index in [1.807, 2.05) is 24.4 Å². The van der Waals surface area contributed by atoms with Crippen LogP contribution >= 0.6 is 11.3 Å². The molecule has 1 aromatic carbocycles. The topological polar surface area (TPSA) is 31.4 Å². The molecule has 0 atom stereocenters. The lowest BCUT2D eigenvalue weighted by Crippen LogP contribution is -1.92. The number of rotatable bonds is 3. The van der Waals surface area contributed by atoms with Crippen LogP contribution in [0, 0.1) is 0 Å². The molecule has 0 unspecified atom stereocenters. The first-order valence-electron chi connectivity index (χ1n) is 4.46. The van der Waals surface area contributed by atoms with Gasteiger partial charge in [0.1, 0.15) is 0 Å². The number of aromatic nitrogens is 1. The van der Waals surface area contributed by atoms with Gasteiger partial charge in [-0.25, -0.2) is 0 Å². The number of nitrogens with zero attached hydrogens (tertiary/aromatic N) is 1. The van der Waals surface area contributed by atoms with Crippen molar-refractivity contribution in [3.63, 3.8) is 0 Å². The summed E-state index contributed by atoms with van der Waals surface area (Å²) in [7, 11) is 3.27. The van der Waals surface area contributed by atoms with Crippen molar-refractivity contribution in [3.8, 4) is 21.9 Å². The highest BCUT2D eigenvalue weighted by Gasteiger charge is 2.11. The van der Waals surface area contributed by atoms with Crippen LogP contribution in [0.25, 0.3) is 10.4 Å². The van der Waals surface area contributed by atoms with Gasteiger partial charge < -0.3 is 9.47 Å². The Morgan fingerprint density at radius 2 is 2.07 bits per heavy atom. The number of para-hydroxylation sites is 1. The molecule has 0 fully saturated rings. The van der Waals surface area contributed by atoms with Crippen molar-refractivity contribution in [1.82, 2.24) is 4.98 Å². The monoisotopic (exact) mass is 221 g/mol. The van der Waals surface area contributed by atoms with E-state index < -0.39 is 0 Å². The molecule has 0 bridgehead atoms. The molecule has 1 aromatic heterocycles. The zero-order valence-corrected chi connectivity index (χ0v) is 9.38. The Hall–Kier alpha value is -1.55. The minimum absolute atomic E-state index is 0.739. The van der Waals surface area contributed by atoms with Gasteiger partial charge in [-0.05, 0) is 12.1 Å². The number of thiazole rings is 1. The number of hydrogen-bond donors (Lipinski definition) is 0. The fourth-order valence-electron chi connectivity index (χ4n) is 1.43. The fourth-order valence-corrected chi connectivity index (χ4v) is 2.07. The molecular formula is C11H11NO2S. The van der Waals surface area contributed by atoms with Crippen molar-refractivity contribution < 1.29 is 9.47 Å². The van der Waals surface area contributed by atoms with E-state index in [-0.39, 0.29) is 0 Å². The Morgan fingerprint density at radius 1 is 1.20 bits per heavy atom. The van der Waals surface area contributed by atoms with Crippen LogP contribution in [0.3, 0.4) is 0 Å². The van der Waals surface area contributed by atoms with E-state index in [1.165, 1.54) is 0 Å². The molecule has 0 aliphatic rings. The third-order valence-corrected chi connectivity index (χ3v) is 2.91. The molecular weight excluding hydrogens is 210 g/mol. The fraction of sp³-hybridized carbons (Fsp3) is 0.182. The molecule has 1 heterocycles. The van der Waals surface area contributed by atoms with E-state index in [0.717, 1.165) is 21.9 Å². The first kappa shape index (κ1) is 9.98. The van der Waals surface area contributed by atoms with Crippen LogP contribution in [0.1, 0.15) is 0 Å². The molecule has 2 aromatic rings. The Balaban J connectivity index is 2.56. The molecule has 0 aliphatic carbocycles. The van der Waals surface area contributed by atoms with Crippen LogP contribution < -0.4 is 9.47 Å². The standard InChI is InChI=1S/C11H11NO2S/c1-13-9-5-3-4-8(11(9)14-2)10-6-12-7-15-10/h3-7H,1-2H3. The summed E-state index contributed by atoms with van der Waals surface area (Å²) in [5.41, 5.74) is 2.81. The molecule has 0 amide bonds. The lowest BCUT2D eigenvalue weighted by atomic mass is 10.1. The highest BCUT2D eigenvalue weighted by Crippen LogP contribution is 2.38. The largest absolute Gasteiger partial charge is 0.493 e. The van der Waals surface area contributed by atoms with Crippen LogP contribution in [-0.2, 0) is 0 Å². The van der Waals surface area contributed by atoms with Crippen LogP contribution in [0.15, 0.2) is 29.9 Å². The first-order valence-corrected chi connectivity index (χ1v) is 5.34. The Bertz CT molecular complexity index is 440. The Labute approximate surface area is 92.3 Å². The van der Waals surface area contributed by atoms with Gasteiger partial charge in [-0.15, -0.1) is 11.3 Å². The highest BCUT2D eigenvalue weighted by atomic mass is 32.1. The lowest BCUT2D eigenvalue weighted by molar-refractivity contribution is 0.356. The summed E-state index contributed by atoms with van der Waals surface area (Å²) in [5.74, 6) is 1.49. The van der Waals surface area contributed by atoms with Crippen molar-refractivity contribution in [2.24, 2.45) is 0 Å². The normalized spacial score (nSPS) is 10.0. The molecule has 4 heteroatoms. The maximum absolute atomic E-state index is 5.35. The molecule has 0 aliphatic heterocycles. The summed E-state index contributed by atoms with van der Waals surface area (Å²) >= 11 is 1.58. The third-order valence-electron chi connectivity index (χ3n) is 2.10. The molecule has 3 nitrogen and oxygen atoms in total. The average molecular weight is 221 g/mol. The second-order valence-electron chi connectivity index (χ2n) is 2.91. The molecule has 0 saturated heterocycles. The average Bonchev–Trinajstić information content (AvgIpc) is 2.81. The molecule has 2 rings (SSSR count). The van der Waals surface area contributed by atoms with Crippen molar-refractivity contribution in [2.75, 3.05) is 14.2 Å². The maximum atomic E-state index is 5.35. The lowest BCUT2D eigenvalue weighted by Gasteiger charge is -2.10. The summed E-state index contributed by atoms with van der Waals surface area (Å²) in [4.78, 5) is 5.13. The highest BCUT2D eigenvalue weighted by molar-refractivity contribution is 7.13. The van der Waals surface area contributed by atoms with Gasteiger partial charge >= 0.3 is 0 Å². The number of ether oxygens (including phenoxy) is 2. The summed E-state index contributed by atoms with van der Waals surface area (Å²) in [6.07, 6.45) is 1.82. The molecule has 0 saturated carbocycles. The second-order valence-corrected chi connectivity index (χ2v) is 3.79. The van der Waals surface area contributed by atoms with Gasteiger partial charge in [0, 0.05) is 11.8 Å². The van der Waals surface area contributed by atoms with Gasteiger partial charge in [0.05, 0.1) is 24.6 Å². The number of hydrogen-bond acceptors (Lipinski definition) is 4. The van der Waals surface area contributed by atoms with Gasteiger partial charge in [0.2, 0.25) is 0 Å². The maximum Gasteiger partial charge on any atom is 0.169 e. The first-order chi connectivity index (χ1) is 7.36. The number of methoxy groups -OCH3 is 2. The Kier molecular flexibility index (Phi) is 2.87. The van der Waals surface area contributed by atoms with Crippen molar-refractivity contribution in [2.45, 2.75) is 0 Å². The van der Waals surface area contributed by atoms with Gasteiger partial charge in [0.15, 0.2) is 11.5 Å². The predicted molar refractivity (Wildman–Crippen MR) is 60.7 cm³/mol. The van der Waals surface area contributed by atoms with Crippen LogP contribution in [0.4, 0.5) is 0 Å². The molecule has 0 spiro atoms. The summed E-state index contributed by atoms with van der Waals surface area (Å²) in [6, 6.07) is 5.81. The van der Waals surface area contributed by atoms with Crippen LogP contribution in [-0.4, -0.2) is 19.2 Å². The quantitative estimate of drug-likeness (QED) is 0.798. The van der Waals surface area contributed by atoms with E-state index in [9.17, 15) is 0 Å². The van der Waals surface area contributed by atoms with Crippen molar-refractivity contribution >= 4 is 11.3 Å². The van der Waals surface area contributed by atoms with Crippen LogP contribution in [0.5, 0.6) is 11.5 Å². The van der Waals surface area contributed by atoms with Gasteiger partial charge in [0.25, 0.3) is 0 Å². The summed E-state index contributed by atoms with van der Waals surface area (Å²) in [5, 5.41) is 0. The molecule has 78 valence electrons. The van der Waals surface area contributed by atoms with Gasteiger partial charge in [-0.1, -0.05) is 6.07 Å². The zero-order valence-electron chi connectivity index (χ0n) is 8.56. The van der Waals surface area contributed by atoms with Crippen molar-refractivity contribution in [1.29, 1.82) is 0 Å². The Morgan fingerprint density at radius 3 is 2.67 bits per heavy atom. The third kappa shape index (κ3) is 1.80. The molecule has 0 radical (unpaired) electrons. The van der Waals surface area contributed by atoms with E-state index in [0.29, 0.717) is 0 Å². The molecule has 15 heavy (non-hydrogen) atoms. The van der Waals surface area contributed by atoms with E-state index in [2.05, 4.69) is 4.98 Å². The second kappa shape index (κ2) is 4.31. The van der Waals surface area contributed by atoms with Crippen LogP contribution in [0.2, 0.25) is 0 Å². The van der Waals surface area contributed by atoms with Gasteiger partial charge in [-0.3, -0.25) is 4.98 Å². The predicted octanol–water partition coefficient (Wildman–Crippen LogP) is 2.83. The zero-order chi connectivity index (χ0) is 10.7. The smallest absolute Gasteiger partial charge is 0.169 e. The SMILES string of the molecule is COc1cccc(-c2cncs2)c1OC. The van der Waals surface area contributed by atoms with E-state index in [4.69, 9.17) is 9.47 Å². The minimum Gasteiger partial charge on any atom is -0.493 e. The van der Waals surface area contributed by atoms with Crippen molar-refractivity contribution in [3.05, 3.63) is 29.9 Å². The van der Waals surface area contributed by atoms with Gasteiger partial charge in [-0.2, -0.15) is 0 Å². The summed E-state index contributed by atoms with van der Waals surface area (Å²) in [6.45, 7) is 0. The minimum atomic E-state index is 0.739. The van der Waals surface area contributed by atoms with E-state index in [1.54, 1.807) is 31.1 Å².